The summed E-state index contributed by atoms with van der Waals surface area (Å²) in [6.45, 7) is 0. The van der Waals surface area contributed by atoms with Crippen LogP contribution in [0.3, 0.4) is 0 Å². The maximum absolute atomic E-state index is 12.3. The number of nitrogens with one attached hydrogen (secondary N) is 2. The molecule has 0 saturated carbocycles. The molecule has 0 saturated heterocycles. The summed E-state index contributed by atoms with van der Waals surface area (Å²) < 4.78 is 1.07. The number of hydrogen-bond donors (Lipinski definition) is 2. The van der Waals surface area contributed by atoms with Gasteiger partial charge in [-0.05, 0) is 24.3 Å². The van der Waals surface area contributed by atoms with E-state index >= 15 is 0 Å². The Hall–Kier alpha value is -3.25. The van der Waals surface area contributed by atoms with E-state index in [0.29, 0.717) is 11.3 Å². The Kier molecular flexibility index (Phi) is 3.05. The number of aromatic nitrogens is 2. The van der Waals surface area contributed by atoms with Crippen LogP contribution >= 0.6 is 11.3 Å². The van der Waals surface area contributed by atoms with Gasteiger partial charge in [0.05, 0.1) is 15.8 Å². The maximum Gasteiger partial charge on any atom is 0.273 e. The van der Waals surface area contributed by atoms with Gasteiger partial charge >= 0.3 is 0 Å². The van der Waals surface area contributed by atoms with Crippen molar-refractivity contribution in [3.05, 3.63) is 70.9 Å². The van der Waals surface area contributed by atoms with Gasteiger partial charge in [0.1, 0.15) is 10.7 Å². The van der Waals surface area contributed by atoms with Crippen molar-refractivity contribution in [1.29, 1.82) is 0 Å². The number of fused-ring (bicyclic) bond motifs is 2. The summed E-state index contributed by atoms with van der Waals surface area (Å²) in [6.07, 6.45) is 3.77. The first-order valence-corrected chi connectivity index (χ1v) is 8.63. The predicted molar refractivity (Wildman–Crippen MR) is 101 cm³/mol. The van der Waals surface area contributed by atoms with Gasteiger partial charge in [0.15, 0.2) is 0 Å². The third-order valence-corrected chi connectivity index (χ3v) is 5.23. The van der Waals surface area contributed by atoms with E-state index in [-0.39, 0.29) is 5.91 Å². The van der Waals surface area contributed by atoms with E-state index in [0.717, 1.165) is 31.7 Å². The summed E-state index contributed by atoms with van der Waals surface area (Å²) >= 11 is 1.53. The molecule has 0 atom stereocenters. The quantitative estimate of drug-likeness (QED) is 0.544. The standard InChI is InChI=1S/C19H12N4OS/c24-18-13(9-11-10-20-14-6-2-1-5-12(11)14)17(22-23-18)19-21-15-7-3-4-8-16(15)25-19/h1-10,20H,(H,23,24)/b13-9-. The first-order valence-electron chi connectivity index (χ1n) is 7.82. The largest absolute Gasteiger partial charge is 0.361 e. The fourth-order valence-corrected chi connectivity index (χ4v) is 3.94. The molecular weight excluding hydrogens is 332 g/mol. The predicted octanol–water partition coefficient (Wildman–Crippen LogP) is 3.70. The van der Waals surface area contributed by atoms with Crippen molar-refractivity contribution in [2.24, 2.45) is 5.10 Å². The molecule has 1 aliphatic heterocycles. The topological polar surface area (TPSA) is 70.1 Å². The fourth-order valence-electron chi connectivity index (χ4n) is 2.97. The Balaban J connectivity index is 1.64. The molecule has 0 unspecified atom stereocenters. The summed E-state index contributed by atoms with van der Waals surface area (Å²) in [5, 5.41) is 6.02. The third-order valence-electron chi connectivity index (χ3n) is 4.19. The number of nitrogens with zero attached hydrogens (tertiary/aromatic N) is 2. The average molecular weight is 344 g/mol. The molecule has 3 heterocycles. The zero-order valence-corrected chi connectivity index (χ0v) is 13.8. The molecule has 6 heteroatoms. The molecule has 2 N–H and O–H groups in total. The lowest BCUT2D eigenvalue weighted by molar-refractivity contribution is -0.116. The summed E-state index contributed by atoms with van der Waals surface area (Å²) in [4.78, 5) is 20.1. The minimum absolute atomic E-state index is 0.209. The third kappa shape index (κ3) is 2.27. The van der Waals surface area contributed by atoms with Gasteiger partial charge in [-0.2, -0.15) is 5.10 Å². The summed E-state index contributed by atoms with van der Waals surface area (Å²) in [5.41, 5.74) is 6.59. The number of carbonyl (C=O) groups is 1. The van der Waals surface area contributed by atoms with Crippen molar-refractivity contribution in [3.8, 4) is 0 Å². The van der Waals surface area contributed by atoms with Crippen LogP contribution in [-0.2, 0) is 4.79 Å². The van der Waals surface area contributed by atoms with E-state index in [1.807, 2.05) is 60.8 Å². The molecule has 0 fully saturated rings. The number of aromatic amines is 1. The van der Waals surface area contributed by atoms with Gasteiger partial charge in [-0.3, -0.25) is 4.79 Å². The minimum atomic E-state index is -0.209. The maximum atomic E-state index is 12.3. The van der Waals surface area contributed by atoms with E-state index in [1.54, 1.807) is 0 Å². The Morgan fingerprint density at radius 3 is 2.80 bits per heavy atom. The Morgan fingerprint density at radius 2 is 1.88 bits per heavy atom. The van der Waals surface area contributed by atoms with Crippen molar-refractivity contribution < 1.29 is 4.79 Å². The van der Waals surface area contributed by atoms with Crippen molar-refractivity contribution >= 4 is 50.2 Å². The van der Waals surface area contributed by atoms with Gasteiger partial charge in [-0.25, -0.2) is 10.4 Å². The molecule has 0 spiro atoms. The number of benzene rings is 2. The number of para-hydroxylation sites is 2. The lowest BCUT2D eigenvalue weighted by Crippen LogP contribution is -2.13. The van der Waals surface area contributed by atoms with Gasteiger partial charge in [0.25, 0.3) is 5.91 Å². The van der Waals surface area contributed by atoms with Gasteiger partial charge in [0.2, 0.25) is 0 Å². The van der Waals surface area contributed by atoms with E-state index in [4.69, 9.17) is 0 Å². The van der Waals surface area contributed by atoms with Crippen molar-refractivity contribution in [1.82, 2.24) is 15.4 Å². The van der Waals surface area contributed by atoms with Crippen LogP contribution in [-0.4, -0.2) is 21.6 Å². The highest BCUT2D eigenvalue weighted by molar-refractivity contribution is 7.20. The molecule has 4 aromatic rings. The second kappa shape index (κ2) is 5.39. The van der Waals surface area contributed by atoms with E-state index in [9.17, 15) is 4.79 Å². The zero-order chi connectivity index (χ0) is 16.8. The molecule has 0 radical (unpaired) electrons. The highest BCUT2D eigenvalue weighted by Crippen LogP contribution is 2.27. The summed E-state index contributed by atoms with van der Waals surface area (Å²) in [7, 11) is 0. The Labute approximate surface area is 146 Å². The molecular formula is C19H12N4OS. The first-order chi connectivity index (χ1) is 12.3. The first kappa shape index (κ1) is 14.1. The molecule has 0 bridgehead atoms. The van der Waals surface area contributed by atoms with E-state index < -0.39 is 0 Å². The molecule has 2 aromatic heterocycles. The van der Waals surface area contributed by atoms with Crippen molar-refractivity contribution in [2.45, 2.75) is 0 Å². The Bertz CT molecular complexity index is 1170. The highest BCUT2D eigenvalue weighted by Gasteiger charge is 2.26. The van der Waals surface area contributed by atoms with Crippen LogP contribution < -0.4 is 5.43 Å². The van der Waals surface area contributed by atoms with Crippen LogP contribution in [0.15, 0.2) is 65.4 Å². The number of H-pyrrole nitrogens is 1. The van der Waals surface area contributed by atoms with Crippen molar-refractivity contribution in [2.75, 3.05) is 0 Å². The lowest BCUT2D eigenvalue weighted by Gasteiger charge is -1.97. The number of thiazole rings is 1. The number of hydrazone groups is 1. The van der Waals surface area contributed by atoms with Gasteiger partial charge in [-0.1, -0.05) is 30.3 Å². The van der Waals surface area contributed by atoms with Crippen LogP contribution in [0.2, 0.25) is 0 Å². The van der Waals surface area contributed by atoms with Crippen molar-refractivity contribution in [3.63, 3.8) is 0 Å². The fraction of sp³-hybridized carbons (Fsp3) is 0. The van der Waals surface area contributed by atoms with Crippen LogP contribution in [0.25, 0.3) is 27.2 Å². The molecule has 1 aliphatic rings. The molecule has 1 amide bonds. The molecule has 5 nitrogen and oxygen atoms in total. The van der Waals surface area contributed by atoms with Gasteiger partial charge in [-0.15, -0.1) is 11.3 Å². The molecule has 2 aromatic carbocycles. The Morgan fingerprint density at radius 1 is 1.04 bits per heavy atom. The smallest absolute Gasteiger partial charge is 0.273 e. The van der Waals surface area contributed by atoms with Crippen LogP contribution in [0.5, 0.6) is 0 Å². The van der Waals surface area contributed by atoms with Crippen LogP contribution in [0, 0.1) is 0 Å². The molecule has 25 heavy (non-hydrogen) atoms. The lowest BCUT2D eigenvalue weighted by atomic mass is 10.1. The van der Waals surface area contributed by atoms with E-state index in [2.05, 4.69) is 20.5 Å². The van der Waals surface area contributed by atoms with Gasteiger partial charge < -0.3 is 4.98 Å². The van der Waals surface area contributed by atoms with Gasteiger partial charge in [0, 0.05) is 22.7 Å². The second-order valence-electron chi connectivity index (χ2n) is 5.74. The summed E-state index contributed by atoms with van der Waals surface area (Å²) in [6, 6.07) is 15.9. The minimum Gasteiger partial charge on any atom is -0.361 e. The average Bonchev–Trinajstić information content (AvgIpc) is 3.33. The normalized spacial score (nSPS) is 15.9. The molecule has 5 rings (SSSR count). The summed E-state index contributed by atoms with van der Waals surface area (Å²) in [5.74, 6) is -0.209. The number of amides is 1. The SMILES string of the molecule is O=C1NN=C(c2nc3ccccc3s2)/C1=C/c1c[nH]c2ccccc12. The van der Waals surface area contributed by atoms with Crippen LogP contribution in [0.4, 0.5) is 0 Å². The van der Waals surface area contributed by atoms with Crippen LogP contribution in [0.1, 0.15) is 10.6 Å². The number of carbonyl (C=O) groups excluding carboxylic acids is 1. The highest BCUT2D eigenvalue weighted by atomic mass is 32.1. The van der Waals surface area contributed by atoms with E-state index in [1.165, 1.54) is 11.3 Å². The molecule has 0 aliphatic carbocycles. The number of rotatable bonds is 2. The number of hydrogen-bond acceptors (Lipinski definition) is 4. The zero-order valence-electron chi connectivity index (χ0n) is 13.0. The monoisotopic (exact) mass is 344 g/mol. The second-order valence-corrected chi connectivity index (χ2v) is 6.77. The molecule has 120 valence electrons.